The second kappa shape index (κ2) is 5.49. The van der Waals surface area contributed by atoms with Crippen LogP contribution in [0.3, 0.4) is 0 Å². The molecule has 0 amide bonds. The second-order valence-corrected chi connectivity index (χ2v) is 8.11. The zero-order valence-corrected chi connectivity index (χ0v) is 13.6. The fraction of sp³-hybridized carbons (Fsp3) is 0. The van der Waals surface area contributed by atoms with Crippen LogP contribution in [-0.4, -0.2) is 0 Å². The van der Waals surface area contributed by atoms with Gasteiger partial charge < -0.3 is 0 Å². The summed E-state index contributed by atoms with van der Waals surface area (Å²) >= 11 is -0.121. The lowest BCUT2D eigenvalue weighted by Crippen LogP contribution is -3.61. The van der Waals surface area contributed by atoms with E-state index in [2.05, 4.69) is 84.9 Å². The Labute approximate surface area is 134 Å². The molecule has 0 spiro atoms. The molecule has 0 bridgehead atoms. The van der Waals surface area contributed by atoms with Crippen molar-refractivity contribution in [1.29, 1.82) is 0 Å². The Bertz CT molecular complexity index is 847. The Kier molecular flexibility index (Phi) is 3.36. The molecule has 0 aliphatic carbocycles. The van der Waals surface area contributed by atoms with E-state index in [4.69, 9.17) is 0 Å². The smallest absolute Gasteiger partial charge is 0.0616 e. The molecule has 0 nitrogen and oxygen atoms in total. The molecule has 1 heteroatoms. The predicted octanol–water partition coefficient (Wildman–Crippen LogP) is 2.12. The maximum Gasteiger partial charge on any atom is 0.357 e. The first-order chi connectivity index (χ1) is 10.4. The van der Waals surface area contributed by atoms with Gasteiger partial charge in [0.05, 0.1) is 0 Å². The molecule has 0 unspecified atom stereocenters. The number of hydrogen-bond acceptors (Lipinski definition) is 0. The molecule has 0 saturated heterocycles. The van der Waals surface area contributed by atoms with Gasteiger partial charge in [-0.3, -0.25) is 0 Å². The van der Waals surface area contributed by atoms with Gasteiger partial charge in [0.15, 0.2) is 7.14 Å². The van der Waals surface area contributed by atoms with Gasteiger partial charge in [0, 0.05) is 0 Å². The normalized spacial score (nSPS) is 11.0. The monoisotopic (exact) mass is 381 g/mol. The van der Waals surface area contributed by atoms with E-state index >= 15 is 0 Å². The minimum Gasteiger partial charge on any atom is -0.0616 e. The van der Waals surface area contributed by atoms with Gasteiger partial charge >= 0.3 is 21.2 Å². The Morgan fingerprint density at radius 2 is 0.857 bits per heavy atom. The topological polar surface area (TPSA) is 0 Å². The van der Waals surface area contributed by atoms with Crippen LogP contribution in [0.2, 0.25) is 0 Å². The van der Waals surface area contributed by atoms with E-state index in [0.29, 0.717) is 0 Å². The lowest BCUT2D eigenvalue weighted by atomic mass is 10.1. The standard InChI is InChI=1S/C20H14I/c1-3-7-17-13-19(11-9-15(17)5-1)21-20-12-10-16-6-2-4-8-18(16)14-20/h1-14H/q+1. The van der Waals surface area contributed by atoms with Crippen LogP contribution in [0.25, 0.3) is 21.5 Å². The SMILES string of the molecule is c1ccc2cc([I+]c3ccc4ccccc4c3)ccc2c1. The first kappa shape index (κ1) is 12.8. The van der Waals surface area contributed by atoms with Crippen LogP contribution in [0.15, 0.2) is 84.9 Å². The molecular formula is C20H14I+. The summed E-state index contributed by atoms with van der Waals surface area (Å²) in [6, 6.07) is 30.9. The molecule has 0 aliphatic heterocycles. The van der Waals surface area contributed by atoms with Gasteiger partial charge in [-0.15, -0.1) is 0 Å². The highest BCUT2D eigenvalue weighted by Gasteiger charge is 2.16. The summed E-state index contributed by atoms with van der Waals surface area (Å²) < 4.78 is 2.95. The van der Waals surface area contributed by atoms with Crippen LogP contribution >= 0.6 is 0 Å². The Balaban J connectivity index is 1.71. The number of benzene rings is 4. The largest absolute Gasteiger partial charge is 0.357 e. The summed E-state index contributed by atoms with van der Waals surface area (Å²) in [6.07, 6.45) is 0. The second-order valence-electron chi connectivity index (χ2n) is 5.08. The number of halogens is 1. The molecule has 0 fully saturated rings. The van der Waals surface area contributed by atoms with Crippen molar-refractivity contribution in [1.82, 2.24) is 0 Å². The summed E-state index contributed by atoms with van der Waals surface area (Å²) in [5.41, 5.74) is 0. The summed E-state index contributed by atoms with van der Waals surface area (Å²) in [5.74, 6) is 0. The summed E-state index contributed by atoms with van der Waals surface area (Å²) in [7, 11) is 0. The van der Waals surface area contributed by atoms with Crippen LogP contribution in [0.5, 0.6) is 0 Å². The third-order valence-electron chi connectivity index (χ3n) is 3.64. The molecule has 4 rings (SSSR count). The fourth-order valence-electron chi connectivity index (χ4n) is 2.56. The van der Waals surface area contributed by atoms with E-state index in [1.54, 1.807) is 0 Å². The average Bonchev–Trinajstić information content (AvgIpc) is 2.55. The predicted molar refractivity (Wildman–Crippen MR) is 85.3 cm³/mol. The lowest BCUT2D eigenvalue weighted by Gasteiger charge is -1.97. The van der Waals surface area contributed by atoms with Gasteiger partial charge in [-0.2, -0.15) is 0 Å². The molecular weight excluding hydrogens is 367 g/mol. The van der Waals surface area contributed by atoms with Gasteiger partial charge in [-0.25, -0.2) is 0 Å². The van der Waals surface area contributed by atoms with Crippen molar-refractivity contribution < 1.29 is 21.2 Å². The molecule has 100 valence electrons. The van der Waals surface area contributed by atoms with E-state index in [-0.39, 0.29) is 21.2 Å². The first-order valence-electron chi connectivity index (χ1n) is 7.01. The molecule has 0 atom stereocenters. The highest BCUT2D eigenvalue weighted by Crippen LogP contribution is 2.13. The Hall–Kier alpha value is -1.87. The Morgan fingerprint density at radius 1 is 0.429 bits per heavy atom. The van der Waals surface area contributed by atoms with Crippen molar-refractivity contribution in [2.24, 2.45) is 0 Å². The molecule has 0 N–H and O–H groups in total. The van der Waals surface area contributed by atoms with Gasteiger partial charge in [-0.05, 0) is 57.9 Å². The maximum absolute atomic E-state index is 2.35. The molecule has 0 radical (unpaired) electrons. The van der Waals surface area contributed by atoms with Gasteiger partial charge in [0.2, 0.25) is 0 Å². The van der Waals surface area contributed by atoms with Crippen molar-refractivity contribution in [3.8, 4) is 0 Å². The lowest BCUT2D eigenvalue weighted by molar-refractivity contribution is -0.597. The quantitative estimate of drug-likeness (QED) is 0.467. The number of rotatable bonds is 2. The highest BCUT2D eigenvalue weighted by molar-refractivity contribution is 5.82. The van der Waals surface area contributed by atoms with Crippen LogP contribution in [0.4, 0.5) is 0 Å². The maximum atomic E-state index is 2.35. The molecule has 0 aliphatic rings. The molecule has 0 aromatic heterocycles. The summed E-state index contributed by atoms with van der Waals surface area (Å²) in [5, 5.41) is 5.33. The van der Waals surface area contributed by atoms with E-state index < -0.39 is 0 Å². The summed E-state index contributed by atoms with van der Waals surface area (Å²) in [6.45, 7) is 0. The molecule has 0 saturated carbocycles. The minimum atomic E-state index is -0.121. The van der Waals surface area contributed by atoms with Gasteiger partial charge in [0.25, 0.3) is 0 Å². The van der Waals surface area contributed by atoms with Crippen LogP contribution in [-0.2, 0) is 0 Å². The average molecular weight is 381 g/mol. The van der Waals surface area contributed by atoms with Crippen LogP contribution in [0.1, 0.15) is 0 Å². The fourth-order valence-corrected chi connectivity index (χ4v) is 4.98. The van der Waals surface area contributed by atoms with Crippen LogP contribution < -0.4 is 21.2 Å². The first-order valence-corrected chi connectivity index (χ1v) is 9.17. The molecule has 4 aromatic rings. The van der Waals surface area contributed by atoms with Crippen molar-refractivity contribution in [2.45, 2.75) is 0 Å². The minimum absolute atomic E-state index is 0.121. The van der Waals surface area contributed by atoms with E-state index in [1.165, 1.54) is 28.7 Å². The highest BCUT2D eigenvalue weighted by atomic mass is 127. The van der Waals surface area contributed by atoms with Crippen molar-refractivity contribution in [2.75, 3.05) is 0 Å². The zero-order chi connectivity index (χ0) is 14.1. The number of fused-ring (bicyclic) bond motifs is 2. The van der Waals surface area contributed by atoms with Crippen molar-refractivity contribution >= 4 is 21.5 Å². The van der Waals surface area contributed by atoms with E-state index in [0.717, 1.165) is 0 Å². The number of hydrogen-bond donors (Lipinski definition) is 0. The van der Waals surface area contributed by atoms with E-state index in [1.807, 2.05) is 0 Å². The van der Waals surface area contributed by atoms with Gasteiger partial charge in [0.1, 0.15) is 0 Å². The Morgan fingerprint density at radius 3 is 1.33 bits per heavy atom. The molecule has 0 heterocycles. The molecule has 4 aromatic carbocycles. The molecule has 21 heavy (non-hydrogen) atoms. The summed E-state index contributed by atoms with van der Waals surface area (Å²) in [4.78, 5) is 0. The third-order valence-corrected chi connectivity index (χ3v) is 6.23. The third kappa shape index (κ3) is 2.66. The van der Waals surface area contributed by atoms with Crippen molar-refractivity contribution in [3.63, 3.8) is 0 Å². The zero-order valence-electron chi connectivity index (χ0n) is 11.5. The van der Waals surface area contributed by atoms with Gasteiger partial charge in [-0.1, -0.05) is 48.5 Å². The van der Waals surface area contributed by atoms with Crippen LogP contribution in [0, 0.1) is 7.14 Å². The van der Waals surface area contributed by atoms with E-state index in [9.17, 15) is 0 Å². The van der Waals surface area contributed by atoms with Crippen molar-refractivity contribution in [3.05, 3.63) is 92.1 Å².